The number of fused-ring (bicyclic) bond motifs is 2. The van der Waals surface area contributed by atoms with Crippen LogP contribution in [0.2, 0.25) is 0 Å². The molecule has 0 amide bonds. The molecule has 2 N–H and O–H groups in total. The fraction of sp³-hybridized carbons (Fsp3) is 0.125. The zero-order valence-electron chi connectivity index (χ0n) is 9.90. The van der Waals surface area contributed by atoms with Crippen molar-refractivity contribution in [1.82, 2.24) is 0 Å². The van der Waals surface area contributed by atoms with Gasteiger partial charge >= 0.3 is 0 Å². The van der Waals surface area contributed by atoms with Gasteiger partial charge in [-0.05, 0) is 51.7 Å². The molecule has 0 aliphatic rings. The van der Waals surface area contributed by atoms with Gasteiger partial charge in [0.2, 0.25) is 0 Å². The second-order valence-corrected chi connectivity index (χ2v) is 4.41. The molecule has 3 rings (SSSR count). The summed E-state index contributed by atoms with van der Waals surface area (Å²) in [6.45, 7) is 2.21. The molecule has 3 aromatic carbocycles. The Balaban J connectivity index is 2.53. The first-order valence-electron chi connectivity index (χ1n) is 5.99. The van der Waals surface area contributed by atoms with Crippen LogP contribution in [0.3, 0.4) is 0 Å². The number of benzene rings is 3. The lowest BCUT2D eigenvalue weighted by atomic mass is 9.95. The van der Waals surface area contributed by atoms with Crippen molar-refractivity contribution in [3.8, 4) is 0 Å². The van der Waals surface area contributed by atoms with Crippen LogP contribution >= 0.6 is 0 Å². The third-order valence-corrected chi connectivity index (χ3v) is 3.35. The van der Waals surface area contributed by atoms with E-state index in [4.69, 9.17) is 5.73 Å². The molecule has 0 aromatic heterocycles. The molecule has 0 aliphatic heterocycles. The molecular weight excluding hydrogens is 206 g/mol. The van der Waals surface area contributed by atoms with Gasteiger partial charge in [-0.15, -0.1) is 0 Å². The van der Waals surface area contributed by atoms with Gasteiger partial charge < -0.3 is 5.73 Å². The maximum Gasteiger partial charge on any atom is 0.0320 e. The van der Waals surface area contributed by atoms with Gasteiger partial charge in [0.15, 0.2) is 0 Å². The van der Waals surface area contributed by atoms with E-state index in [9.17, 15) is 0 Å². The normalized spacial score (nSPS) is 11.1. The standard InChI is InChI=1S/C16H15N/c1-2-14-15-6-4-3-5-11(15)9-12-10-13(17)7-8-16(12)14/h3-10H,2,17H2,1H3. The van der Waals surface area contributed by atoms with Gasteiger partial charge in [0, 0.05) is 5.69 Å². The first-order chi connectivity index (χ1) is 8.29. The second-order valence-electron chi connectivity index (χ2n) is 4.41. The van der Waals surface area contributed by atoms with E-state index in [0.717, 1.165) is 12.1 Å². The van der Waals surface area contributed by atoms with Crippen molar-refractivity contribution in [1.29, 1.82) is 0 Å². The Bertz CT molecular complexity index is 698. The quantitative estimate of drug-likeness (QED) is 0.485. The Labute approximate surface area is 101 Å². The van der Waals surface area contributed by atoms with Crippen molar-refractivity contribution in [2.45, 2.75) is 13.3 Å². The van der Waals surface area contributed by atoms with Crippen LogP contribution < -0.4 is 5.73 Å². The average molecular weight is 221 g/mol. The van der Waals surface area contributed by atoms with Gasteiger partial charge in [0.05, 0.1) is 0 Å². The smallest absolute Gasteiger partial charge is 0.0320 e. The Kier molecular flexibility index (Phi) is 2.25. The van der Waals surface area contributed by atoms with E-state index < -0.39 is 0 Å². The van der Waals surface area contributed by atoms with Gasteiger partial charge in [-0.3, -0.25) is 0 Å². The second kappa shape index (κ2) is 3.77. The minimum Gasteiger partial charge on any atom is -0.399 e. The zero-order valence-corrected chi connectivity index (χ0v) is 9.90. The van der Waals surface area contributed by atoms with Gasteiger partial charge in [-0.2, -0.15) is 0 Å². The SMILES string of the molecule is CCc1c2ccccc2cc2cc(N)ccc12. The predicted molar refractivity (Wildman–Crippen MR) is 75.2 cm³/mol. The summed E-state index contributed by atoms with van der Waals surface area (Å²) in [6.07, 6.45) is 1.04. The number of hydrogen-bond acceptors (Lipinski definition) is 1. The molecule has 0 fully saturated rings. The summed E-state index contributed by atoms with van der Waals surface area (Å²) in [5.74, 6) is 0. The zero-order chi connectivity index (χ0) is 11.8. The number of nitrogens with two attached hydrogens (primary N) is 1. The number of nitrogen functional groups attached to an aromatic ring is 1. The number of hydrogen-bond donors (Lipinski definition) is 1. The highest BCUT2D eigenvalue weighted by atomic mass is 14.5. The summed E-state index contributed by atoms with van der Waals surface area (Å²) in [5.41, 5.74) is 8.10. The van der Waals surface area contributed by atoms with Gasteiger partial charge in [0.25, 0.3) is 0 Å². The highest BCUT2D eigenvalue weighted by molar-refractivity contribution is 6.03. The van der Waals surface area contributed by atoms with Crippen molar-refractivity contribution in [2.24, 2.45) is 0 Å². The van der Waals surface area contributed by atoms with Crippen LogP contribution in [0.4, 0.5) is 5.69 Å². The lowest BCUT2D eigenvalue weighted by molar-refractivity contribution is 1.18. The van der Waals surface area contributed by atoms with Crippen molar-refractivity contribution < 1.29 is 0 Å². The lowest BCUT2D eigenvalue weighted by Crippen LogP contribution is -1.89. The maximum atomic E-state index is 5.86. The van der Waals surface area contributed by atoms with E-state index in [2.05, 4.69) is 49.4 Å². The molecule has 0 bridgehead atoms. The van der Waals surface area contributed by atoms with E-state index in [-0.39, 0.29) is 0 Å². The first-order valence-corrected chi connectivity index (χ1v) is 5.99. The molecular formula is C16H15N. The summed E-state index contributed by atoms with van der Waals surface area (Å²) in [7, 11) is 0. The fourth-order valence-electron chi connectivity index (χ4n) is 2.57. The fourth-order valence-corrected chi connectivity index (χ4v) is 2.57. The van der Waals surface area contributed by atoms with Crippen molar-refractivity contribution >= 4 is 27.2 Å². The van der Waals surface area contributed by atoms with Crippen molar-refractivity contribution in [3.63, 3.8) is 0 Å². The molecule has 3 aromatic rings. The van der Waals surface area contributed by atoms with E-state index in [1.165, 1.54) is 27.1 Å². The summed E-state index contributed by atoms with van der Waals surface area (Å²) < 4.78 is 0. The maximum absolute atomic E-state index is 5.86. The molecule has 0 unspecified atom stereocenters. The number of rotatable bonds is 1. The van der Waals surface area contributed by atoms with Crippen LogP contribution in [0.25, 0.3) is 21.5 Å². The topological polar surface area (TPSA) is 26.0 Å². The summed E-state index contributed by atoms with van der Waals surface area (Å²) >= 11 is 0. The molecule has 0 spiro atoms. The molecule has 1 nitrogen and oxygen atoms in total. The summed E-state index contributed by atoms with van der Waals surface area (Å²) in [4.78, 5) is 0. The minimum atomic E-state index is 0.829. The molecule has 0 saturated carbocycles. The highest BCUT2D eigenvalue weighted by Crippen LogP contribution is 2.29. The van der Waals surface area contributed by atoms with Crippen LogP contribution in [0.1, 0.15) is 12.5 Å². The largest absolute Gasteiger partial charge is 0.399 e. The Hall–Kier alpha value is -2.02. The Morgan fingerprint density at radius 3 is 2.47 bits per heavy atom. The van der Waals surface area contributed by atoms with Gasteiger partial charge in [-0.1, -0.05) is 37.3 Å². The minimum absolute atomic E-state index is 0.829. The number of aryl methyl sites for hydroxylation is 1. The van der Waals surface area contributed by atoms with Crippen LogP contribution in [0.5, 0.6) is 0 Å². The predicted octanol–water partition coefficient (Wildman–Crippen LogP) is 4.14. The van der Waals surface area contributed by atoms with Crippen LogP contribution in [0.15, 0.2) is 48.5 Å². The molecule has 17 heavy (non-hydrogen) atoms. The summed E-state index contributed by atoms with van der Waals surface area (Å²) in [6, 6.07) is 16.9. The third kappa shape index (κ3) is 1.55. The van der Waals surface area contributed by atoms with Gasteiger partial charge in [0.1, 0.15) is 0 Å². The summed E-state index contributed by atoms with van der Waals surface area (Å²) in [5, 5.41) is 5.20. The molecule has 0 aliphatic carbocycles. The van der Waals surface area contributed by atoms with E-state index in [1.54, 1.807) is 0 Å². The monoisotopic (exact) mass is 221 g/mol. The van der Waals surface area contributed by atoms with Crippen molar-refractivity contribution in [3.05, 3.63) is 54.1 Å². The van der Waals surface area contributed by atoms with Gasteiger partial charge in [-0.25, -0.2) is 0 Å². The van der Waals surface area contributed by atoms with Crippen LogP contribution in [-0.2, 0) is 6.42 Å². The Morgan fingerprint density at radius 1 is 0.882 bits per heavy atom. The molecule has 0 heterocycles. The lowest BCUT2D eigenvalue weighted by Gasteiger charge is -2.10. The Morgan fingerprint density at radius 2 is 1.65 bits per heavy atom. The van der Waals surface area contributed by atoms with Crippen molar-refractivity contribution in [2.75, 3.05) is 5.73 Å². The van der Waals surface area contributed by atoms with E-state index in [0.29, 0.717) is 0 Å². The first kappa shape index (κ1) is 10.2. The molecule has 84 valence electrons. The molecule has 1 heteroatoms. The average Bonchev–Trinajstić information content (AvgIpc) is 2.35. The van der Waals surface area contributed by atoms with Crippen LogP contribution in [0, 0.1) is 0 Å². The van der Waals surface area contributed by atoms with E-state index >= 15 is 0 Å². The highest BCUT2D eigenvalue weighted by Gasteiger charge is 2.05. The molecule has 0 radical (unpaired) electrons. The van der Waals surface area contributed by atoms with E-state index in [1.807, 2.05) is 6.07 Å². The third-order valence-electron chi connectivity index (χ3n) is 3.35. The van der Waals surface area contributed by atoms with Crippen LogP contribution in [-0.4, -0.2) is 0 Å². The number of anilines is 1. The molecule has 0 atom stereocenters. The molecule has 0 saturated heterocycles.